The molecule has 5 rings (SSSR count). The molecule has 0 radical (unpaired) electrons. The third-order valence-corrected chi connectivity index (χ3v) is 7.79. The molecule has 1 aromatic carbocycles. The largest absolute Gasteiger partial charge is 0.494 e. The van der Waals surface area contributed by atoms with Crippen LogP contribution >= 0.6 is 0 Å². The summed E-state index contributed by atoms with van der Waals surface area (Å²) in [6, 6.07) is 4.73. The van der Waals surface area contributed by atoms with Crippen molar-refractivity contribution in [3.63, 3.8) is 0 Å². The number of aliphatic hydroxyl groups is 1. The molecule has 2 aliphatic heterocycles. The van der Waals surface area contributed by atoms with Gasteiger partial charge in [0.2, 0.25) is 11.9 Å². The van der Waals surface area contributed by atoms with Crippen LogP contribution in [0.3, 0.4) is 0 Å². The summed E-state index contributed by atoms with van der Waals surface area (Å²) in [4.78, 5) is 24.9. The van der Waals surface area contributed by atoms with Crippen molar-refractivity contribution in [3.05, 3.63) is 42.0 Å². The molecule has 3 aliphatic rings. The predicted molar refractivity (Wildman–Crippen MR) is 133 cm³/mol. The Labute approximate surface area is 211 Å². The average Bonchev–Trinajstić information content (AvgIpc) is 3.64. The van der Waals surface area contributed by atoms with Gasteiger partial charge in [-0.2, -0.15) is 0 Å². The molecule has 3 heterocycles. The molecule has 1 amide bonds. The number of piperidine rings is 1. The molecule has 0 spiro atoms. The molecule has 194 valence electrons. The van der Waals surface area contributed by atoms with Crippen LogP contribution in [0.5, 0.6) is 11.5 Å². The first-order valence-corrected chi connectivity index (χ1v) is 12.8. The van der Waals surface area contributed by atoms with Gasteiger partial charge in [-0.25, -0.2) is 14.4 Å². The minimum Gasteiger partial charge on any atom is -0.494 e. The minimum absolute atomic E-state index is 0.00461. The fourth-order valence-electron chi connectivity index (χ4n) is 5.60. The average molecular weight is 499 g/mol. The van der Waals surface area contributed by atoms with E-state index in [9.17, 15) is 14.3 Å². The van der Waals surface area contributed by atoms with Crippen LogP contribution in [0.25, 0.3) is 0 Å². The second-order valence-corrected chi connectivity index (χ2v) is 10.7. The first kappa shape index (κ1) is 24.7. The molecule has 0 unspecified atom stereocenters. The number of carbonyl (C=O) groups excluding carboxylic acids is 1. The van der Waals surface area contributed by atoms with Gasteiger partial charge in [-0.1, -0.05) is 6.07 Å². The number of benzene rings is 1. The summed E-state index contributed by atoms with van der Waals surface area (Å²) in [7, 11) is 1.61. The number of amides is 1. The van der Waals surface area contributed by atoms with Gasteiger partial charge in [0.15, 0.2) is 5.75 Å². The minimum atomic E-state index is -0.823. The molecule has 1 N–H and O–H groups in total. The van der Waals surface area contributed by atoms with Gasteiger partial charge in [0.05, 0.1) is 51.2 Å². The molecule has 2 aromatic rings. The Hall–Kier alpha value is -2.94. The number of methoxy groups -OCH3 is 1. The van der Waals surface area contributed by atoms with Crippen molar-refractivity contribution < 1.29 is 23.8 Å². The maximum Gasteiger partial charge on any atom is 0.227 e. The Kier molecular flexibility index (Phi) is 7.01. The smallest absolute Gasteiger partial charge is 0.227 e. The Morgan fingerprint density at radius 2 is 1.92 bits per heavy atom. The van der Waals surface area contributed by atoms with E-state index in [1.165, 1.54) is 12.5 Å². The lowest BCUT2D eigenvalue weighted by Gasteiger charge is -2.44. The number of likely N-dealkylation sites (tertiary alicyclic amines) is 1. The fraction of sp³-hybridized carbons (Fsp3) is 0.593. The predicted octanol–water partition coefficient (Wildman–Crippen LogP) is 3.08. The summed E-state index contributed by atoms with van der Waals surface area (Å²) < 4.78 is 25.5. The number of nitrogens with zero attached hydrogens (tertiary/aromatic N) is 4. The number of anilines is 1. The van der Waals surface area contributed by atoms with Crippen molar-refractivity contribution in [1.29, 1.82) is 0 Å². The lowest BCUT2D eigenvalue weighted by molar-refractivity contribution is -0.151. The van der Waals surface area contributed by atoms with E-state index in [0.717, 1.165) is 50.1 Å². The zero-order valence-electron chi connectivity index (χ0n) is 21.0. The van der Waals surface area contributed by atoms with Crippen LogP contribution in [0.4, 0.5) is 10.3 Å². The monoisotopic (exact) mass is 498 g/mol. The van der Waals surface area contributed by atoms with Crippen LogP contribution in [0.1, 0.15) is 38.2 Å². The van der Waals surface area contributed by atoms with Crippen LogP contribution in [0.15, 0.2) is 30.6 Å². The van der Waals surface area contributed by atoms with Crippen molar-refractivity contribution in [2.24, 2.45) is 17.8 Å². The van der Waals surface area contributed by atoms with Gasteiger partial charge in [-0.15, -0.1) is 0 Å². The summed E-state index contributed by atoms with van der Waals surface area (Å²) in [5.74, 6) is 3.50. The van der Waals surface area contributed by atoms with Gasteiger partial charge >= 0.3 is 0 Å². The molecule has 2 saturated heterocycles. The van der Waals surface area contributed by atoms with Gasteiger partial charge in [0.1, 0.15) is 11.6 Å². The second-order valence-electron chi connectivity index (χ2n) is 10.7. The highest BCUT2D eigenvalue weighted by molar-refractivity contribution is 5.80. The van der Waals surface area contributed by atoms with E-state index in [4.69, 9.17) is 9.47 Å². The van der Waals surface area contributed by atoms with Gasteiger partial charge < -0.3 is 24.4 Å². The molecule has 9 heteroatoms. The van der Waals surface area contributed by atoms with Crippen LogP contribution in [-0.2, 0) is 11.2 Å². The van der Waals surface area contributed by atoms with E-state index in [0.29, 0.717) is 42.7 Å². The Balaban J connectivity index is 1.01. The Morgan fingerprint density at radius 1 is 1.19 bits per heavy atom. The molecular weight excluding hydrogens is 463 g/mol. The first-order valence-electron chi connectivity index (χ1n) is 12.8. The summed E-state index contributed by atoms with van der Waals surface area (Å²) in [6.07, 6.45) is 7.94. The number of halogens is 1. The van der Waals surface area contributed by atoms with E-state index in [1.54, 1.807) is 43.5 Å². The third kappa shape index (κ3) is 5.72. The molecule has 3 fully saturated rings. The lowest BCUT2D eigenvalue weighted by atomic mass is 9.90. The van der Waals surface area contributed by atoms with Crippen molar-refractivity contribution in [2.45, 2.75) is 44.6 Å². The summed E-state index contributed by atoms with van der Waals surface area (Å²) in [6.45, 7) is 4.81. The molecule has 0 bridgehead atoms. The number of β-amino-alcohol motifs (C(OH)–C–C–N with tert-alkyl or cyclic N) is 1. The zero-order chi connectivity index (χ0) is 25.3. The van der Waals surface area contributed by atoms with Crippen LogP contribution < -0.4 is 14.4 Å². The van der Waals surface area contributed by atoms with Crippen molar-refractivity contribution in [2.75, 3.05) is 44.8 Å². The van der Waals surface area contributed by atoms with Gasteiger partial charge in [0, 0.05) is 19.2 Å². The molecule has 36 heavy (non-hydrogen) atoms. The molecule has 1 saturated carbocycles. The number of aromatic nitrogens is 2. The molecule has 2 atom stereocenters. The number of carbonyl (C=O) groups is 1. The number of hydrogen-bond donors (Lipinski definition) is 1. The SMILES string of the molecule is COc1cnc(N2CCC([C@@H]3C[C@@H]3CCOc3ccc(CC(=O)N4CC(C)(O)C4)c(F)c3)CC2)nc1. The zero-order valence-corrected chi connectivity index (χ0v) is 21.0. The van der Waals surface area contributed by atoms with E-state index in [-0.39, 0.29) is 12.3 Å². The number of ether oxygens (including phenoxy) is 2. The summed E-state index contributed by atoms with van der Waals surface area (Å²) in [5.41, 5.74) is -0.469. The fourth-order valence-corrected chi connectivity index (χ4v) is 5.60. The molecule has 1 aliphatic carbocycles. The van der Waals surface area contributed by atoms with Gasteiger partial charge in [-0.3, -0.25) is 4.79 Å². The summed E-state index contributed by atoms with van der Waals surface area (Å²) >= 11 is 0. The summed E-state index contributed by atoms with van der Waals surface area (Å²) in [5, 5.41) is 9.78. The molecule has 1 aromatic heterocycles. The van der Waals surface area contributed by atoms with Crippen LogP contribution in [-0.4, -0.2) is 71.4 Å². The Bertz CT molecular complexity index is 1060. The van der Waals surface area contributed by atoms with Crippen molar-refractivity contribution in [1.82, 2.24) is 14.9 Å². The highest BCUT2D eigenvalue weighted by Crippen LogP contribution is 2.49. The maximum atomic E-state index is 14.5. The van der Waals surface area contributed by atoms with Gasteiger partial charge in [-0.05, 0) is 62.0 Å². The third-order valence-electron chi connectivity index (χ3n) is 7.79. The maximum absolute atomic E-state index is 14.5. The van der Waals surface area contributed by atoms with E-state index >= 15 is 0 Å². The number of rotatable bonds is 9. The van der Waals surface area contributed by atoms with Gasteiger partial charge in [0.25, 0.3) is 0 Å². The highest BCUT2D eigenvalue weighted by atomic mass is 19.1. The topological polar surface area (TPSA) is 88.0 Å². The van der Waals surface area contributed by atoms with Crippen molar-refractivity contribution >= 4 is 11.9 Å². The highest BCUT2D eigenvalue weighted by Gasteiger charge is 2.43. The van der Waals surface area contributed by atoms with E-state index < -0.39 is 11.4 Å². The second kappa shape index (κ2) is 10.2. The van der Waals surface area contributed by atoms with E-state index in [1.807, 2.05) is 0 Å². The normalized spacial score (nSPS) is 23.2. The molecular formula is C27H35FN4O4. The van der Waals surface area contributed by atoms with E-state index in [2.05, 4.69) is 14.9 Å². The number of hydrogen-bond acceptors (Lipinski definition) is 7. The standard InChI is InChI=1S/C27H35FN4O4/c1-27(34)16-32(17-27)25(33)12-20-3-4-21(13-24(20)28)36-10-7-19-11-23(19)18-5-8-31(9-6-18)26-29-14-22(35-2)15-30-26/h3-4,13-15,18-19,23,34H,5-12,16-17H2,1-2H3/t19-,23-/m0/s1. The Morgan fingerprint density at radius 3 is 2.56 bits per heavy atom. The molecule has 8 nitrogen and oxygen atoms in total. The van der Waals surface area contributed by atoms with Crippen LogP contribution in [0, 0.1) is 23.6 Å². The van der Waals surface area contributed by atoms with Crippen molar-refractivity contribution in [3.8, 4) is 11.5 Å². The quantitative estimate of drug-likeness (QED) is 0.569. The lowest BCUT2D eigenvalue weighted by Crippen LogP contribution is -2.62. The first-order chi connectivity index (χ1) is 17.3. The van der Waals surface area contributed by atoms with Crippen LogP contribution in [0.2, 0.25) is 0 Å².